The molecule has 2 aromatic carbocycles. The molecule has 1 amide bonds. The predicted molar refractivity (Wildman–Crippen MR) is 129 cm³/mol. The summed E-state index contributed by atoms with van der Waals surface area (Å²) in [7, 11) is -1.89. The summed E-state index contributed by atoms with van der Waals surface area (Å²) in [5, 5.41) is 16.7. The first-order chi connectivity index (χ1) is 16.2. The number of nitrogens with one attached hydrogen (secondary N) is 1. The van der Waals surface area contributed by atoms with Crippen LogP contribution in [0.3, 0.4) is 0 Å². The molecule has 9 nitrogen and oxygen atoms in total. The highest BCUT2D eigenvalue weighted by Crippen LogP contribution is 2.22. The molecule has 1 aromatic heterocycles. The molecule has 1 unspecified atom stereocenters. The van der Waals surface area contributed by atoms with Gasteiger partial charge in [-0.2, -0.15) is 0 Å². The number of likely N-dealkylation sites (N-methyl/N-ethyl adjacent to an activating group) is 1. The summed E-state index contributed by atoms with van der Waals surface area (Å²) < 4.78 is 24.6. The van der Waals surface area contributed by atoms with Crippen molar-refractivity contribution >= 4 is 15.9 Å². The summed E-state index contributed by atoms with van der Waals surface area (Å²) in [4.78, 5) is 15.3. The van der Waals surface area contributed by atoms with Crippen LogP contribution in [0.2, 0.25) is 0 Å². The van der Waals surface area contributed by atoms with Crippen molar-refractivity contribution in [3.05, 3.63) is 90.3 Å². The van der Waals surface area contributed by atoms with Gasteiger partial charge in [0, 0.05) is 25.2 Å². The minimum atomic E-state index is -3.79. The SMILES string of the molecule is CC1=C[C@@H](NC(=O)C(Cc2ccccc2)n2cc(-c3ccc(S(N)(=O)=O)cc3)nn2)N(C)C=C1. The van der Waals surface area contributed by atoms with Crippen LogP contribution in [0.4, 0.5) is 0 Å². The highest BCUT2D eigenvalue weighted by atomic mass is 32.2. The van der Waals surface area contributed by atoms with Crippen LogP contribution in [0.25, 0.3) is 11.3 Å². The van der Waals surface area contributed by atoms with Gasteiger partial charge < -0.3 is 10.2 Å². The zero-order valence-electron chi connectivity index (χ0n) is 18.9. The number of hydrogen-bond donors (Lipinski definition) is 2. The molecule has 0 bridgehead atoms. The van der Waals surface area contributed by atoms with Crippen LogP contribution in [0.5, 0.6) is 0 Å². The summed E-state index contributed by atoms with van der Waals surface area (Å²) in [5.74, 6) is -0.193. The van der Waals surface area contributed by atoms with Crippen molar-refractivity contribution in [2.24, 2.45) is 5.14 Å². The van der Waals surface area contributed by atoms with Crippen molar-refractivity contribution < 1.29 is 13.2 Å². The van der Waals surface area contributed by atoms with E-state index in [1.165, 1.54) is 12.1 Å². The van der Waals surface area contributed by atoms with Gasteiger partial charge in [0.25, 0.3) is 0 Å². The molecule has 3 N–H and O–H groups in total. The molecule has 1 aliphatic heterocycles. The van der Waals surface area contributed by atoms with Crippen molar-refractivity contribution in [2.75, 3.05) is 7.05 Å². The Bertz CT molecular complexity index is 1330. The van der Waals surface area contributed by atoms with E-state index in [2.05, 4.69) is 15.6 Å². The number of carbonyl (C=O) groups excluding carboxylic acids is 1. The fraction of sp³-hybridized carbons (Fsp3) is 0.208. The Balaban J connectivity index is 1.61. The molecular weight excluding hydrogens is 452 g/mol. The molecule has 34 heavy (non-hydrogen) atoms. The number of rotatable bonds is 7. The van der Waals surface area contributed by atoms with E-state index in [1.807, 2.05) is 67.6 Å². The molecule has 2 heterocycles. The largest absolute Gasteiger partial charge is 0.357 e. The Kier molecular flexibility index (Phi) is 6.62. The second-order valence-electron chi connectivity index (χ2n) is 8.20. The Morgan fingerprint density at radius 2 is 1.85 bits per heavy atom. The average molecular weight is 479 g/mol. The molecule has 176 valence electrons. The van der Waals surface area contributed by atoms with Gasteiger partial charge in [0.2, 0.25) is 15.9 Å². The summed E-state index contributed by atoms with van der Waals surface area (Å²) in [6, 6.07) is 15.1. The molecule has 3 aromatic rings. The van der Waals surface area contributed by atoms with Crippen molar-refractivity contribution in [2.45, 2.75) is 30.4 Å². The van der Waals surface area contributed by atoms with Gasteiger partial charge in [0.1, 0.15) is 17.9 Å². The number of benzene rings is 2. The molecule has 4 rings (SSSR count). The van der Waals surface area contributed by atoms with Gasteiger partial charge in [0.15, 0.2) is 0 Å². The minimum Gasteiger partial charge on any atom is -0.357 e. The quantitative estimate of drug-likeness (QED) is 0.537. The molecule has 1 aliphatic rings. The molecule has 0 radical (unpaired) electrons. The monoisotopic (exact) mass is 478 g/mol. The minimum absolute atomic E-state index is 0.0129. The fourth-order valence-electron chi connectivity index (χ4n) is 3.66. The van der Waals surface area contributed by atoms with E-state index in [0.717, 1.165) is 11.1 Å². The second kappa shape index (κ2) is 9.62. The van der Waals surface area contributed by atoms with Gasteiger partial charge in [-0.15, -0.1) is 5.10 Å². The van der Waals surface area contributed by atoms with Gasteiger partial charge in [-0.25, -0.2) is 18.2 Å². The average Bonchev–Trinajstić information content (AvgIpc) is 3.30. The number of primary sulfonamides is 1. The summed E-state index contributed by atoms with van der Waals surface area (Å²) >= 11 is 0. The number of allylic oxidation sites excluding steroid dienone is 2. The number of nitrogens with two attached hydrogens (primary N) is 1. The molecule has 0 aliphatic carbocycles. The number of hydrogen-bond acceptors (Lipinski definition) is 6. The van der Waals surface area contributed by atoms with E-state index in [4.69, 9.17) is 5.14 Å². The van der Waals surface area contributed by atoms with Crippen molar-refractivity contribution in [1.82, 2.24) is 25.2 Å². The van der Waals surface area contributed by atoms with Gasteiger partial charge >= 0.3 is 0 Å². The third-order valence-electron chi connectivity index (χ3n) is 5.61. The number of sulfonamides is 1. The predicted octanol–water partition coefficient (Wildman–Crippen LogP) is 2.22. The van der Waals surface area contributed by atoms with E-state index in [9.17, 15) is 13.2 Å². The van der Waals surface area contributed by atoms with E-state index < -0.39 is 16.1 Å². The van der Waals surface area contributed by atoms with Gasteiger partial charge in [0.05, 0.1) is 11.1 Å². The Hall–Kier alpha value is -3.76. The molecule has 0 saturated carbocycles. The smallest absolute Gasteiger partial charge is 0.247 e. The lowest BCUT2D eigenvalue weighted by molar-refractivity contribution is -0.125. The Labute approximate surface area is 198 Å². The topological polar surface area (TPSA) is 123 Å². The van der Waals surface area contributed by atoms with Gasteiger partial charge in [-0.3, -0.25) is 4.79 Å². The number of aromatic nitrogens is 3. The third-order valence-corrected chi connectivity index (χ3v) is 6.53. The van der Waals surface area contributed by atoms with Crippen LogP contribution in [0.1, 0.15) is 18.5 Å². The van der Waals surface area contributed by atoms with Crippen molar-refractivity contribution in [1.29, 1.82) is 0 Å². The van der Waals surface area contributed by atoms with E-state index in [-0.39, 0.29) is 17.0 Å². The normalized spacial score (nSPS) is 16.7. The van der Waals surface area contributed by atoms with Gasteiger partial charge in [-0.1, -0.05) is 47.7 Å². The Morgan fingerprint density at radius 3 is 2.53 bits per heavy atom. The van der Waals surface area contributed by atoms with Crippen LogP contribution < -0.4 is 10.5 Å². The van der Waals surface area contributed by atoms with E-state index >= 15 is 0 Å². The second-order valence-corrected chi connectivity index (χ2v) is 9.77. The lowest BCUT2D eigenvalue weighted by Gasteiger charge is -2.30. The standard InChI is InChI=1S/C24H26N6O3S/c1-17-12-13-29(2)23(14-17)26-24(31)22(15-18-6-4-3-5-7-18)30-16-21(27-28-30)19-8-10-20(11-9-19)34(25,32)33/h3-14,16,22-23H,15H2,1-2H3,(H,26,31)(H2,25,32,33)/t22?,23-/m0/s1. The highest BCUT2D eigenvalue weighted by molar-refractivity contribution is 7.89. The van der Waals surface area contributed by atoms with Crippen LogP contribution in [-0.4, -0.2) is 47.4 Å². The maximum Gasteiger partial charge on any atom is 0.247 e. The molecule has 0 spiro atoms. The fourth-order valence-corrected chi connectivity index (χ4v) is 4.17. The first-order valence-corrected chi connectivity index (χ1v) is 12.2. The molecule has 10 heteroatoms. The third kappa shape index (κ3) is 5.41. The number of nitrogens with zero attached hydrogens (tertiary/aromatic N) is 4. The first-order valence-electron chi connectivity index (χ1n) is 10.7. The summed E-state index contributed by atoms with van der Waals surface area (Å²) in [6.45, 7) is 1.98. The van der Waals surface area contributed by atoms with Crippen LogP contribution in [-0.2, 0) is 21.2 Å². The van der Waals surface area contributed by atoms with Crippen LogP contribution in [0, 0.1) is 0 Å². The van der Waals surface area contributed by atoms with Crippen molar-refractivity contribution in [3.8, 4) is 11.3 Å². The highest BCUT2D eigenvalue weighted by Gasteiger charge is 2.26. The van der Waals surface area contributed by atoms with Crippen molar-refractivity contribution in [3.63, 3.8) is 0 Å². The number of amides is 1. The Morgan fingerprint density at radius 1 is 1.15 bits per heavy atom. The van der Waals surface area contributed by atoms with Crippen LogP contribution >= 0.6 is 0 Å². The maximum absolute atomic E-state index is 13.4. The first kappa shape index (κ1) is 23.4. The van der Waals surface area contributed by atoms with E-state index in [1.54, 1.807) is 23.0 Å². The molecule has 0 saturated heterocycles. The zero-order chi connectivity index (χ0) is 24.3. The van der Waals surface area contributed by atoms with E-state index in [0.29, 0.717) is 17.7 Å². The molecular formula is C24H26N6O3S. The maximum atomic E-state index is 13.4. The number of carbonyl (C=O) groups is 1. The summed E-state index contributed by atoms with van der Waals surface area (Å²) in [6.07, 6.45) is 7.72. The zero-order valence-corrected chi connectivity index (χ0v) is 19.7. The lowest BCUT2D eigenvalue weighted by Crippen LogP contribution is -2.47. The lowest BCUT2D eigenvalue weighted by atomic mass is 10.0. The van der Waals surface area contributed by atoms with Crippen LogP contribution in [0.15, 0.2) is 89.6 Å². The summed E-state index contributed by atoms with van der Waals surface area (Å²) in [5.41, 5.74) is 3.23. The molecule has 2 atom stereocenters. The molecule has 0 fully saturated rings. The van der Waals surface area contributed by atoms with Gasteiger partial charge in [-0.05, 0) is 42.3 Å².